The molecule has 0 aliphatic rings. The molecule has 0 bridgehead atoms. The summed E-state index contributed by atoms with van der Waals surface area (Å²) in [5, 5.41) is 21.0. The van der Waals surface area contributed by atoms with Gasteiger partial charge in [0.05, 0.1) is 4.92 Å². The highest BCUT2D eigenvalue weighted by Gasteiger charge is 2.25. The fourth-order valence-corrected chi connectivity index (χ4v) is 3.25. The average molecular weight is 323 g/mol. The Labute approximate surface area is 131 Å². The molecule has 22 heavy (non-hydrogen) atoms. The number of hydrogen-bond donors (Lipinski definition) is 2. The molecule has 2 rings (SSSR count). The minimum absolute atomic E-state index is 0.00791. The van der Waals surface area contributed by atoms with Gasteiger partial charge in [-0.25, -0.2) is 0 Å². The van der Waals surface area contributed by atoms with Crippen molar-refractivity contribution in [3.63, 3.8) is 0 Å². The molecular weight excluding hydrogens is 306 g/mol. The Kier molecular flexibility index (Phi) is 4.43. The van der Waals surface area contributed by atoms with Crippen LogP contribution >= 0.6 is 11.8 Å². The molecule has 8 heteroatoms. The predicted molar refractivity (Wildman–Crippen MR) is 85.4 cm³/mol. The van der Waals surface area contributed by atoms with Gasteiger partial charge in [0.15, 0.2) is 0 Å². The first kappa shape index (κ1) is 16.3. The van der Waals surface area contributed by atoms with E-state index in [-0.39, 0.29) is 12.1 Å². The van der Waals surface area contributed by atoms with Crippen LogP contribution in [0, 0.1) is 17.0 Å². The van der Waals surface area contributed by atoms with Crippen LogP contribution in [0.3, 0.4) is 0 Å². The number of benzene rings is 1. The van der Waals surface area contributed by atoms with Gasteiger partial charge in [0.1, 0.15) is 11.6 Å². The number of aliphatic carboxylic acids is 1. The number of fused-ring (bicyclic) bond motifs is 1. The van der Waals surface area contributed by atoms with Crippen LogP contribution in [0.5, 0.6) is 0 Å². The minimum Gasteiger partial charge on any atom is -0.480 e. The molecule has 0 aliphatic heterocycles. The van der Waals surface area contributed by atoms with Gasteiger partial charge in [-0.2, -0.15) is 0 Å². The van der Waals surface area contributed by atoms with Crippen LogP contribution in [-0.2, 0) is 18.3 Å². The van der Waals surface area contributed by atoms with E-state index in [9.17, 15) is 14.9 Å². The molecule has 1 aromatic carbocycles. The van der Waals surface area contributed by atoms with Crippen molar-refractivity contribution in [3.05, 3.63) is 33.5 Å². The first-order valence-corrected chi connectivity index (χ1v) is 7.79. The van der Waals surface area contributed by atoms with Crippen LogP contribution in [0.1, 0.15) is 11.3 Å². The van der Waals surface area contributed by atoms with E-state index < -0.39 is 16.9 Å². The summed E-state index contributed by atoms with van der Waals surface area (Å²) in [7, 11) is 1.74. The number of nitro benzene ring substituents is 1. The van der Waals surface area contributed by atoms with Crippen molar-refractivity contribution in [1.82, 2.24) is 4.57 Å². The van der Waals surface area contributed by atoms with E-state index in [1.165, 1.54) is 17.8 Å². The predicted octanol–water partition coefficient (Wildman–Crippen LogP) is 2.07. The lowest BCUT2D eigenvalue weighted by Crippen LogP contribution is -2.32. The quantitative estimate of drug-likeness (QED) is 0.495. The SMILES string of the molecule is CSc1ccc([N+](=O)[O-])c2c1c(CC(N)C(=O)O)c(C)n2C. The normalized spacial score (nSPS) is 12.5. The van der Waals surface area contributed by atoms with Crippen LogP contribution in [0.25, 0.3) is 10.9 Å². The van der Waals surface area contributed by atoms with Gasteiger partial charge in [0.25, 0.3) is 5.69 Å². The molecule has 7 nitrogen and oxygen atoms in total. The summed E-state index contributed by atoms with van der Waals surface area (Å²) in [4.78, 5) is 22.8. The van der Waals surface area contributed by atoms with Crippen molar-refractivity contribution in [2.45, 2.75) is 24.3 Å². The fraction of sp³-hybridized carbons (Fsp3) is 0.357. The lowest BCUT2D eigenvalue weighted by atomic mass is 10.0. The van der Waals surface area contributed by atoms with E-state index >= 15 is 0 Å². The molecule has 1 unspecified atom stereocenters. The summed E-state index contributed by atoms with van der Waals surface area (Å²) in [6.07, 6.45) is 2.01. The van der Waals surface area contributed by atoms with Crippen molar-refractivity contribution < 1.29 is 14.8 Å². The van der Waals surface area contributed by atoms with Crippen LogP contribution in [0.2, 0.25) is 0 Å². The van der Waals surface area contributed by atoms with Crippen molar-refractivity contribution in [2.24, 2.45) is 12.8 Å². The second-order valence-electron chi connectivity index (χ2n) is 5.04. The number of carbonyl (C=O) groups is 1. The summed E-state index contributed by atoms with van der Waals surface area (Å²) in [5.74, 6) is -1.09. The van der Waals surface area contributed by atoms with E-state index in [0.717, 1.165) is 21.5 Å². The molecule has 0 fully saturated rings. The van der Waals surface area contributed by atoms with Crippen molar-refractivity contribution in [2.75, 3.05) is 6.26 Å². The molecule has 0 radical (unpaired) electrons. The average Bonchev–Trinajstić information content (AvgIpc) is 2.71. The Balaban J connectivity index is 2.81. The van der Waals surface area contributed by atoms with E-state index in [1.54, 1.807) is 17.7 Å². The molecule has 0 saturated carbocycles. The second kappa shape index (κ2) is 5.98. The minimum atomic E-state index is -1.09. The van der Waals surface area contributed by atoms with E-state index in [1.807, 2.05) is 13.2 Å². The van der Waals surface area contributed by atoms with Gasteiger partial charge in [-0.05, 0) is 24.8 Å². The summed E-state index contributed by atoms with van der Waals surface area (Å²) >= 11 is 1.47. The number of nitrogens with zero attached hydrogens (tertiary/aromatic N) is 2. The fourth-order valence-electron chi connectivity index (χ4n) is 2.62. The summed E-state index contributed by atoms with van der Waals surface area (Å²) in [6.45, 7) is 1.82. The van der Waals surface area contributed by atoms with E-state index in [0.29, 0.717) is 5.52 Å². The number of hydrogen-bond acceptors (Lipinski definition) is 5. The largest absolute Gasteiger partial charge is 0.480 e. The maximum Gasteiger partial charge on any atom is 0.320 e. The third kappa shape index (κ3) is 2.55. The standard InChI is InChI=1S/C14H17N3O4S/c1-7-8(6-9(15)14(18)19)12-11(22-3)5-4-10(17(20)21)13(12)16(7)2/h4-5,9H,6,15H2,1-3H3,(H,18,19). The highest BCUT2D eigenvalue weighted by molar-refractivity contribution is 7.98. The summed E-state index contributed by atoms with van der Waals surface area (Å²) in [6, 6.07) is 2.13. The number of aromatic nitrogens is 1. The Bertz CT molecular complexity index is 769. The Morgan fingerprint density at radius 3 is 2.68 bits per heavy atom. The van der Waals surface area contributed by atoms with Crippen LogP contribution in [-0.4, -0.2) is 32.9 Å². The molecule has 118 valence electrons. The van der Waals surface area contributed by atoms with Crippen LogP contribution < -0.4 is 5.73 Å². The van der Waals surface area contributed by atoms with E-state index in [4.69, 9.17) is 10.8 Å². The molecule has 1 atom stereocenters. The number of carboxylic acid groups (broad SMARTS) is 1. The molecule has 3 N–H and O–H groups in total. The zero-order valence-corrected chi connectivity index (χ0v) is 13.3. The zero-order valence-electron chi connectivity index (χ0n) is 12.5. The molecule has 2 aromatic rings. The molecule has 0 spiro atoms. The van der Waals surface area contributed by atoms with Gasteiger partial charge >= 0.3 is 5.97 Å². The Morgan fingerprint density at radius 1 is 1.55 bits per heavy atom. The third-order valence-electron chi connectivity index (χ3n) is 3.85. The molecular formula is C14H17N3O4S. The van der Waals surface area contributed by atoms with Crippen LogP contribution in [0.15, 0.2) is 17.0 Å². The van der Waals surface area contributed by atoms with Crippen molar-refractivity contribution in [1.29, 1.82) is 0 Å². The lowest BCUT2D eigenvalue weighted by Gasteiger charge is -2.08. The van der Waals surface area contributed by atoms with Gasteiger partial charge in [0.2, 0.25) is 0 Å². The Hall–Kier alpha value is -2.06. The number of nitro groups is 1. The number of rotatable bonds is 5. The molecule has 0 aliphatic carbocycles. The van der Waals surface area contributed by atoms with Crippen molar-refractivity contribution in [3.8, 4) is 0 Å². The third-order valence-corrected chi connectivity index (χ3v) is 4.63. The zero-order chi connectivity index (χ0) is 16.6. The maximum atomic E-state index is 11.3. The topological polar surface area (TPSA) is 111 Å². The summed E-state index contributed by atoms with van der Waals surface area (Å²) in [5.41, 5.74) is 7.71. The van der Waals surface area contributed by atoms with Gasteiger partial charge in [0, 0.05) is 35.5 Å². The maximum absolute atomic E-state index is 11.3. The van der Waals surface area contributed by atoms with E-state index in [2.05, 4.69) is 0 Å². The second-order valence-corrected chi connectivity index (χ2v) is 5.89. The highest BCUT2D eigenvalue weighted by atomic mass is 32.2. The lowest BCUT2D eigenvalue weighted by molar-refractivity contribution is -0.383. The van der Waals surface area contributed by atoms with Gasteiger partial charge in [-0.3, -0.25) is 14.9 Å². The number of aryl methyl sites for hydroxylation is 1. The molecule has 0 amide bonds. The summed E-state index contributed by atoms with van der Waals surface area (Å²) < 4.78 is 1.73. The number of carboxylic acids is 1. The highest BCUT2D eigenvalue weighted by Crippen LogP contribution is 2.38. The van der Waals surface area contributed by atoms with Gasteiger partial charge in [-0.1, -0.05) is 0 Å². The van der Waals surface area contributed by atoms with Crippen molar-refractivity contribution >= 4 is 34.3 Å². The monoisotopic (exact) mass is 323 g/mol. The first-order chi connectivity index (χ1) is 10.3. The van der Waals surface area contributed by atoms with Crippen LogP contribution in [0.4, 0.5) is 5.69 Å². The Morgan fingerprint density at radius 2 is 2.18 bits per heavy atom. The smallest absolute Gasteiger partial charge is 0.320 e. The number of thioether (sulfide) groups is 1. The molecule has 1 heterocycles. The molecule has 0 saturated heterocycles. The number of nitrogens with two attached hydrogens (primary N) is 1. The van der Waals surface area contributed by atoms with Gasteiger partial charge < -0.3 is 15.4 Å². The first-order valence-electron chi connectivity index (χ1n) is 6.57. The van der Waals surface area contributed by atoms with Gasteiger partial charge in [-0.15, -0.1) is 11.8 Å². The molecule has 1 aromatic heterocycles. The number of non-ortho nitro benzene ring substituents is 1.